The van der Waals surface area contributed by atoms with Crippen molar-refractivity contribution in [3.8, 4) is 11.1 Å². The number of hydrogen-bond donors (Lipinski definition) is 1. The van der Waals surface area contributed by atoms with Crippen LogP contribution in [0, 0.1) is 12.7 Å². The number of furan rings is 1. The highest BCUT2D eigenvalue weighted by molar-refractivity contribution is 6.00. The summed E-state index contributed by atoms with van der Waals surface area (Å²) in [6.07, 6.45) is 1.48. The number of pyridine rings is 1. The van der Waals surface area contributed by atoms with Gasteiger partial charge in [-0.15, -0.1) is 0 Å². The lowest BCUT2D eigenvalue weighted by Gasteiger charge is -2.05. The highest BCUT2D eigenvalue weighted by Gasteiger charge is 2.12. The van der Waals surface area contributed by atoms with Gasteiger partial charge in [-0.1, -0.05) is 12.1 Å². The monoisotopic (exact) mass is 242 g/mol. The van der Waals surface area contributed by atoms with Gasteiger partial charge in [0.2, 0.25) is 5.71 Å². The molecule has 3 rings (SSSR count). The highest BCUT2D eigenvalue weighted by Crippen LogP contribution is 2.33. The van der Waals surface area contributed by atoms with Crippen LogP contribution in [0.3, 0.4) is 0 Å². The number of hydrogen-bond acceptors (Lipinski definition) is 3. The van der Waals surface area contributed by atoms with Crippen molar-refractivity contribution in [3.63, 3.8) is 0 Å². The summed E-state index contributed by atoms with van der Waals surface area (Å²) >= 11 is 0. The second-order valence-corrected chi connectivity index (χ2v) is 4.19. The zero-order valence-electron chi connectivity index (χ0n) is 9.77. The Morgan fingerprint density at radius 2 is 1.94 bits per heavy atom. The first-order chi connectivity index (χ1) is 8.65. The molecule has 0 fully saturated rings. The quantitative estimate of drug-likeness (QED) is 0.710. The molecule has 4 heteroatoms. The zero-order valence-corrected chi connectivity index (χ0v) is 9.77. The molecule has 0 atom stereocenters. The molecule has 0 saturated carbocycles. The Labute approximate surface area is 103 Å². The molecule has 0 aliphatic heterocycles. The van der Waals surface area contributed by atoms with Crippen molar-refractivity contribution in [2.75, 3.05) is 5.73 Å². The number of fused-ring (bicyclic) bond motifs is 1. The Morgan fingerprint density at radius 3 is 2.67 bits per heavy atom. The minimum Gasteiger partial charge on any atom is -0.444 e. The topological polar surface area (TPSA) is 52.0 Å². The lowest BCUT2D eigenvalue weighted by Crippen LogP contribution is -1.89. The number of anilines is 1. The van der Waals surface area contributed by atoms with Crippen LogP contribution in [0.4, 0.5) is 10.1 Å². The lowest BCUT2D eigenvalue weighted by molar-refractivity contribution is 0.603. The van der Waals surface area contributed by atoms with Gasteiger partial charge in [0.25, 0.3) is 0 Å². The van der Waals surface area contributed by atoms with Gasteiger partial charge in [-0.2, -0.15) is 0 Å². The van der Waals surface area contributed by atoms with Crippen LogP contribution in [0.2, 0.25) is 0 Å². The van der Waals surface area contributed by atoms with E-state index >= 15 is 0 Å². The van der Waals surface area contributed by atoms with Gasteiger partial charge in [-0.05, 0) is 36.2 Å². The van der Waals surface area contributed by atoms with E-state index in [9.17, 15) is 4.39 Å². The fourth-order valence-electron chi connectivity index (χ4n) is 2.04. The molecule has 0 radical (unpaired) electrons. The Balaban J connectivity index is 2.33. The van der Waals surface area contributed by atoms with E-state index in [1.807, 2.05) is 13.0 Å². The molecule has 1 aromatic carbocycles. The number of aromatic nitrogens is 1. The van der Waals surface area contributed by atoms with Gasteiger partial charge >= 0.3 is 0 Å². The van der Waals surface area contributed by atoms with Crippen LogP contribution in [-0.2, 0) is 0 Å². The van der Waals surface area contributed by atoms with Crippen molar-refractivity contribution in [1.82, 2.24) is 4.98 Å². The van der Waals surface area contributed by atoms with E-state index in [0.29, 0.717) is 11.4 Å². The van der Waals surface area contributed by atoms with Crippen LogP contribution < -0.4 is 5.73 Å². The maximum atomic E-state index is 13.0. The van der Waals surface area contributed by atoms with E-state index < -0.39 is 0 Å². The Kier molecular flexibility index (Phi) is 2.30. The minimum absolute atomic E-state index is 0.263. The first kappa shape index (κ1) is 10.8. The number of benzene rings is 1. The van der Waals surface area contributed by atoms with Crippen molar-refractivity contribution in [3.05, 3.63) is 48.1 Å². The Bertz CT molecular complexity index is 716. The van der Waals surface area contributed by atoms with Gasteiger partial charge in [0.05, 0.1) is 11.1 Å². The summed E-state index contributed by atoms with van der Waals surface area (Å²) in [6.45, 7) is 1.88. The summed E-state index contributed by atoms with van der Waals surface area (Å²) in [5.41, 5.74) is 9.56. The molecule has 0 bridgehead atoms. The van der Waals surface area contributed by atoms with E-state index in [1.54, 1.807) is 12.1 Å². The van der Waals surface area contributed by atoms with E-state index in [-0.39, 0.29) is 5.82 Å². The van der Waals surface area contributed by atoms with Gasteiger partial charge < -0.3 is 10.2 Å². The second-order valence-electron chi connectivity index (χ2n) is 4.19. The molecule has 0 aliphatic carbocycles. The number of aryl methyl sites for hydroxylation is 1. The fraction of sp³-hybridized carbons (Fsp3) is 0.0714. The van der Waals surface area contributed by atoms with Crippen molar-refractivity contribution in [1.29, 1.82) is 0 Å². The van der Waals surface area contributed by atoms with Crippen molar-refractivity contribution < 1.29 is 8.81 Å². The van der Waals surface area contributed by atoms with E-state index in [0.717, 1.165) is 22.2 Å². The van der Waals surface area contributed by atoms with E-state index in [1.165, 1.54) is 18.4 Å². The number of nitrogen functional groups attached to an aromatic ring is 1. The average Bonchev–Trinajstić information content (AvgIpc) is 2.71. The first-order valence-corrected chi connectivity index (χ1v) is 5.55. The van der Waals surface area contributed by atoms with Crippen molar-refractivity contribution >= 4 is 16.8 Å². The third kappa shape index (κ3) is 1.62. The Morgan fingerprint density at radius 1 is 1.22 bits per heavy atom. The largest absolute Gasteiger partial charge is 0.444 e. The third-order valence-corrected chi connectivity index (χ3v) is 2.86. The summed E-state index contributed by atoms with van der Waals surface area (Å²) < 4.78 is 18.3. The molecule has 2 aromatic heterocycles. The highest BCUT2D eigenvalue weighted by atomic mass is 19.1. The van der Waals surface area contributed by atoms with Crippen LogP contribution in [-0.4, -0.2) is 4.98 Å². The van der Waals surface area contributed by atoms with Crippen molar-refractivity contribution in [2.24, 2.45) is 0 Å². The number of rotatable bonds is 1. The van der Waals surface area contributed by atoms with Crippen LogP contribution in [0.25, 0.3) is 22.2 Å². The van der Waals surface area contributed by atoms with Gasteiger partial charge in [-0.3, -0.25) is 0 Å². The van der Waals surface area contributed by atoms with E-state index in [2.05, 4.69) is 4.98 Å². The second kappa shape index (κ2) is 3.84. The number of nitrogens with zero attached hydrogens (tertiary/aromatic N) is 1. The van der Waals surface area contributed by atoms with Gasteiger partial charge in [0, 0.05) is 5.69 Å². The predicted octanol–water partition coefficient (Wildman–Crippen LogP) is 3.52. The molecule has 18 heavy (non-hydrogen) atoms. The lowest BCUT2D eigenvalue weighted by atomic mass is 10.0. The van der Waals surface area contributed by atoms with Gasteiger partial charge in [-0.25, -0.2) is 9.37 Å². The van der Waals surface area contributed by atoms with Crippen molar-refractivity contribution in [2.45, 2.75) is 6.92 Å². The zero-order chi connectivity index (χ0) is 12.7. The molecule has 2 heterocycles. The predicted molar refractivity (Wildman–Crippen MR) is 68.6 cm³/mol. The summed E-state index contributed by atoms with van der Waals surface area (Å²) in [5, 5.41) is 0.771. The molecule has 3 nitrogen and oxygen atoms in total. The number of nitrogens with two attached hydrogens (primary N) is 1. The summed E-state index contributed by atoms with van der Waals surface area (Å²) in [7, 11) is 0. The van der Waals surface area contributed by atoms with Crippen LogP contribution in [0.5, 0.6) is 0 Å². The molecule has 2 N–H and O–H groups in total. The van der Waals surface area contributed by atoms with Crippen LogP contribution >= 0.6 is 0 Å². The third-order valence-electron chi connectivity index (χ3n) is 2.86. The summed E-state index contributed by atoms with van der Waals surface area (Å²) in [6, 6.07) is 8.20. The Hall–Kier alpha value is -2.36. The first-order valence-electron chi connectivity index (χ1n) is 5.55. The summed E-state index contributed by atoms with van der Waals surface area (Å²) in [4.78, 5) is 4.28. The molecule has 0 unspecified atom stereocenters. The molecule has 0 aliphatic rings. The standard InChI is InChI=1S/C14H11FN2O/c1-8-6-11(9-2-4-10(15)5-3-9)13-12(16)7-18-14(13)17-8/h2-7H,16H2,1H3. The van der Waals surface area contributed by atoms with E-state index in [4.69, 9.17) is 10.2 Å². The SMILES string of the molecule is Cc1cc(-c2ccc(F)cc2)c2c(N)coc2n1. The molecule has 0 spiro atoms. The maximum absolute atomic E-state index is 13.0. The molecule has 0 saturated heterocycles. The molecular formula is C14H11FN2O. The molecule has 0 amide bonds. The van der Waals surface area contributed by atoms with Crippen LogP contribution in [0.1, 0.15) is 5.69 Å². The maximum Gasteiger partial charge on any atom is 0.228 e. The molecular weight excluding hydrogens is 231 g/mol. The number of halogens is 1. The molecule has 3 aromatic rings. The molecule has 90 valence electrons. The average molecular weight is 242 g/mol. The van der Waals surface area contributed by atoms with Gasteiger partial charge in [0.15, 0.2) is 0 Å². The smallest absolute Gasteiger partial charge is 0.228 e. The van der Waals surface area contributed by atoms with Crippen LogP contribution in [0.15, 0.2) is 41.0 Å². The summed E-state index contributed by atoms with van der Waals surface area (Å²) in [5.74, 6) is -0.263. The van der Waals surface area contributed by atoms with Gasteiger partial charge in [0.1, 0.15) is 12.1 Å². The fourth-order valence-corrected chi connectivity index (χ4v) is 2.04. The normalized spacial score (nSPS) is 11.0. The minimum atomic E-state index is -0.263.